The van der Waals surface area contributed by atoms with Gasteiger partial charge in [0.2, 0.25) is 5.91 Å². The minimum Gasteiger partial charge on any atom is -0.380 e. The Morgan fingerprint density at radius 3 is 2.50 bits per heavy atom. The van der Waals surface area contributed by atoms with Crippen molar-refractivity contribution in [3.05, 3.63) is 0 Å². The van der Waals surface area contributed by atoms with Crippen molar-refractivity contribution < 1.29 is 9.90 Å². The van der Waals surface area contributed by atoms with E-state index in [-0.39, 0.29) is 6.04 Å². The maximum absolute atomic E-state index is 10.7. The lowest BCUT2D eigenvalue weighted by Gasteiger charge is -2.36. The van der Waals surface area contributed by atoms with E-state index in [1.165, 1.54) is 6.92 Å². The quantitative estimate of drug-likeness (QED) is 0.528. The standard InChI is InChI=1S/C8H16N2O2/c1-8(12,7(10)11)4-5-2-6(9)3-5/h5-6,12H,2-4,9H2,1H3,(H2,10,11). The van der Waals surface area contributed by atoms with Gasteiger partial charge in [0, 0.05) is 6.04 Å². The molecule has 1 aliphatic carbocycles. The summed E-state index contributed by atoms with van der Waals surface area (Å²) in [4.78, 5) is 10.7. The summed E-state index contributed by atoms with van der Waals surface area (Å²) in [5.41, 5.74) is 9.22. The third-order valence-corrected chi connectivity index (χ3v) is 2.49. The molecule has 0 aromatic carbocycles. The van der Waals surface area contributed by atoms with Gasteiger partial charge in [-0.05, 0) is 32.1 Å². The molecule has 1 unspecified atom stereocenters. The molecule has 0 bridgehead atoms. The first kappa shape index (κ1) is 9.48. The molecule has 1 rings (SSSR count). The van der Waals surface area contributed by atoms with Gasteiger partial charge in [-0.15, -0.1) is 0 Å². The molecule has 4 heteroatoms. The number of carbonyl (C=O) groups is 1. The Morgan fingerprint density at radius 2 is 2.17 bits per heavy atom. The Balaban J connectivity index is 2.35. The van der Waals surface area contributed by atoms with Gasteiger partial charge in [-0.25, -0.2) is 0 Å². The van der Waals surface area contributed by atoms with Gasteiger partial charge in [-0.1, -0.05) is 0 Å². The van der Waals surface area contributed by atoms with Crippen LogP contribution in [0.15, 0.2) is 0 Å². The van der Waals surface area contributed by atoms with Crippen LogP contribution < -0.4 is 11.5 Å². The van der Waals surface area contributed by atoms with Gasteiger partial charge < -0.3 is 16.6 Å². The summed E-state index contributed by atoms with van der Waals surface area (Å²) in [5, 5.41) is 9.50. The number of rotatable bonds is 3. The third kappa shape index (κ3) is 1.95. The Kier molecular flexibility index (Phi) is 2.39. The Labute approximate surface area is 71.9 Å². The molecule has 12 heavy (non-hydrogen) atoms. The molecule has 5 N–H and O–H groups in total. The fraction of sp³-hybridized carbons (Fsp3) is 0.875. The molecule has 0 aromatic heterocycles. The summed E-state index contributed by atoms with van der Waals surface area (Å²) >= 11 is 0. The lowest BCUT2D eigenvalue weighted by molar-refractivity contribution is -0.137. The summed E-state index contributed by atoms with van der Waals surface area (Å²) < 4.78 is 0. The number of primary amides is 1. The molecule has 0 spiro atoms. The highest BCUT2D eigenvalue weighted by Gasteiger charge is 2.36. The second-order valence-electron chi connectivity index (χ2n) is 3.94. The van der Waals surface area contributed by atoms with E-state index >= 15 is 0 Å². The predicted octanol–water partition coefficient (Wildman–Crippen LogP) is -0.650. The van der Waals surface area contributed by atoms with Crippen LogP contribution in [0.3, 0.4) is 0 Å². The molecule has 0 aliphatic heterocycles. The monoisotopic (exact) mass is 172 g/mol. The molecule has 1 fully saturated rings. The van der Waals surface area contributed by atoms with Crippen molar-refractivity contribution >= 4 is 5.91 Å². The van der Waals surface area contributed by atoms with Crippen molar-refractivity contribution in [1.82, 2.24) is 0 Å². The smallest absolute Gasteiger partial charge is 0.249 e. The minimum absolute atomic E-state index is 0.249. The highest BCUT2D eigenvalue weighted by atomic mass is 16.3. The zero-order valence-electron chi connectivity index (χ0n) is 7.29. The first-order valence-corrected chi connectivity index (χ1v) is 4.19. The Morgan fingerprint density at radius 1 is 1.67 bits per heavy atom. The zero-order chi connectivity index (χ0) is 9.35. The Bertz CT molecular complexity index is 185. The predicted molar refractivity (Wildman–Crippen MR) is 45.1 cm³/mol. The van der Waals surface area contributed by atoms with E-state index in [1.54, 1.807) is 0 Å². The van der Waals surface area contributed by atoms with E-state index in [2.05, 4.69) is 0 Å². The fourth-order valence-electron chi connectivity index (χ4n) is 1.62. The van der Waals surface area contributed by atoms with Crippen LogP contribution in [0.2, 0.25) is 0 Å². The van der Waals surface area contributed by atoms with E-state index in [4.69, 9.17) is 11.5 Å². The Hall–Kier alpha value is -0.610. The summed E-state index contributed by atoms with van der Waals surface area (Å²) in [6, 6.07) is 0.249. The lowest BCUT2D eigenvalue weighted by atomic mass is 9.74. The van der Waals surface area contributed by atoms with Gasteiger partial charge in [0.25, 0.3) is 0 Å². The molecule has 1 saturated carbocycles. The van der Waals surface area contributed by atoms with Gasteiger partial charge in [-0.3, -0.25) is 4.79 Å². The third-order valence-electron chi connectivity index (χ3n) is 2.49. The van der Waals surface area contributed by atoms with E-state index in [0.29, 0.717) is 12.3 Å². The van der Waals surface area contributed by atoms with Crippen molar-refractivity contribution in [3.63, 3.8) is 0 Å². The van der Waals surface area contributed by atoms with Gasteiger partial charge in [0.15, 0.2) is 0 Å². The number of nitrogens with two attached hydrogens (primary N) is 2. The van der Waals surface area contributed by atoms with Gasteiger partial charge >= 0.3 is 0 Å². The zero-order valence-corrected chi connectivity index (χ0v) is 7.29. The molecule has 1 amide bonds. The van der Waals surface area contributed by atoms with Crippen LogP contribution in [0, 0.1) is 5.92 Å². The number of hydrogen-bond donors (Lipinski definition) is 3. The first-order valence-electron chi connectivity index (χ1n) is 4.19. The maximum atomic E-state index is 10.7. The van der Waals surface area contributed by atoms with Crippen LogP contribution in [0.1, 0.15) is 26.2 Å². The molecule has 0 saturated heterocycles. The van der Waals surface area contributed by atoms with Gasteiger partial charge in [0.05, 0.1) is 0 Å². The van der Waals surface area contributed by atoms with Crippen LogP contribution >= 0.6 is 0 Å². The highest BCUT2D eigenvalue weighted by molar-refractivity contribution is 5.82. The molecule has 0 aromatic rings. The normalized spacial score (nSPS) is 33.6. The van der Waals surface area contributed by atoms with E-state index in [1.807, 2.05) is 0 Å². The largest absolute Gasteiger partial charge is 0.380 e. The van der Waals surface area contributed by atoms with Crippen LogP contribution in [-0.4, -0.2) is 22.7 Å². The fourth-order valence-corrected chi connectivity index (χ4v) is 1.62. The molecular weight excluding hydrogens is 156 g/mol. The van der Waals surface area contributed by atoms with Crippen molar-refractivity contribution in [2.45, 2.75) is 37.8 Å². The molecule has 0 radical (unpaired) electrons. The molecule has 70 valence electrons. The number of carbonyl (C=O) groups excluding carboxylic acids is 1. The second-order valence-corrected chi connectivity index (χ2v) is 3.94. The van der Waals surface area contributed by atoms with Crippen molar-refractivity contribution in [3.8, 4) is 0 Å². The van der Waals surface area contributed by atoms with Crippen molar-refractivity contribution in [2.24, 2.45) is 17.4 Å². The minimum atomic E-state index is -1.36. The van der Waals surface area contributed by atoms with Gasteiger partial charge in [0.1, 0.15) is 5.60 Å². The van der Waals surface area contributed by atoms with Crippen LogP contribution in [-0.2, 0) is 4.79 Å². The molecular formula is C8H16N2O2. The van der Waals surface area contributed by atoms with Crippen LogP contribution in [0.5, 0.6) is 0 Å². The molecule has 4 nitrogen and oxygen atoms in total. The van der Waals surface area contributed by atoms with Crippen LogP contribution in [0.4, 0.5) is 0 Å². The average molecular weight is 172 g/mol. The second kappa shape index (κ2) is 3.03. The SMILES string of the molecule is CC(O)(CC1CC(N)C1)C(N)=O. The number of amides is 1. The topological polar surface area (TPSA) is 89.3 Å². The summed E-state index contributed by atoms with van der Waals surface area (Å²) in [7, 11) is 0. The highest BCUT2D eigenvalue weighted by Crippen LogP contribution is 2.32. The molecule has 0 heterocycles. The van der Waals surface area contributed by atoms with Crippen molar-refractivity contribution in [2.75, 3.05) is 0 Å². The van der Waals surface area contributed by atoms with E-state index < -0.39 is 11.5 Å². The first-order chi connectivity index (χ1) is 5.42. The lowest BCUT2D eigenvalue weighted by Crippen LogP contribution is -2.46. The van der Waals surface area contributed by atoms with Gasteiger partial charge in [-0.2, -0.15) is 0 Å². The molecule has 1 atom stereocenters. The van der Waals surface area contributed by atoms with E-state index in [9.17, 15) is 9.90 Å². The average Bonchev–Trinajstić information content (AvgIpc) is 1.83. The summed E-state index contributed by atoms with van der Waals surface area (Å²) in [6.07, 6.45) is 2.23. The number of hydrogen-bond acceptors (Lipinski definition) is 3. The van der Waals surface area contributed by atoms with Crippen molar-refractivity contribution in [1.29, 1.82) is 0 Å². The summed E-state index contributed by atoms with van der Waals surface area (Å²) in [5.74, 6) is -0.287. The molecule has 1 aliphatic rings. The summed E-state index contributed by atoms with van der Waals surface area (Å²) in [6.45, 7) is 1.46. The maximum Gasteiger partial charge on any atom is 0.249 e. The number of aliphatic hydroxyl groups is 1. The van der Waals surface area contributed by atoms with Crippen LogP contribution in [0.25, 0.3) is 0 Å². The van der Waals surface area contributed by atoms with E-state index in [0.717, 1.165) is 12.8 Å².